The third-order valence-electron chi connectivity index (χ3n) is 3.29. The maximum Gasteiger partial charge on any atom is 0.237 e. The first-order chi connectivity index (χ1) is 9.75. The lowest BCUT2D eigenvalue weighted by Crippen LogP contribution is -2.49. The van der Waals surface area contributed by atoms with E-state index < -0.39 is 0 Å². The van der Waals surface area contributed by atoms with Gasteiger partial charge in [-0.15, -0.1) is 0 Å². The van der Waals surface area contributed by atoms with Crippen molar-refractivity contribution in [2.75, 3.05) is 32.9 Å². The number of hydrogen-bond donors (Lipinski definition) is 1. The Morgan fingerprint density at radius 3 is 2.75 bits per heavy atom. The molecule has 0 aliphatic carbocycles. The number of carbonyl (C=O) groups excluding carboxylic acids is 1. The van der Waals surface area contributed by atoms with Crippen LogP contribution in [0, 0.1) is 5.92 Å². The van der Waals surface area contributed by atoms with Crippen LogP contribution in [0.3, 0.4) is 0 Å². The lowest BCUT2D eigenvalue weighted by Gasteiger charge is -2.28. The molecule has 1 amide bonds. The van der Waals surface area contributed by atoms with Crippen molar-refractivity contribution in [3.63, 3.8) is 0 Å². The first-order valence-electron chi connectivity index (χ1n) is 7.07. The minimum Gasteiger partial charge on any atom is -0.494 e. The van der Waals surface area contributed by atoms with Gasteiger partial charge in [-0.2, -0.15) is 0 Å². The molecule has 1 aliphatic rings. The number of hydrazine groups is 1. The maximum atomic E-state index is 12.0. The van der Waals surface area contributed by atoms with Crippen molar-refractivity contribution in [2.45, 2.75) is 13.3 Å². The van der Waals surface area contributed by atoms with E-state index in [0.717, 1.165) is 18.8 Å². The second-order valence-corrected chi connectivity index (χ2v) is 4.93. The Bertz CT molecular complexity index is 405. The van der Waals surface area contributed by atoms with Crippen LogP contribution in [-0.2, 0) is 9.53 Å². The summed E-state index contributed by atoms with van der Waals surface area (Å²) in [5.41, 5.74) is 2.93. The van der Waals surface area contributed by atoms with Crippen molar-refractivity contribution < 1.29 is 14.3 Å². The fraction of sp³-hybridized carbons (Fsp3) is 0.533. The summed E-state index contributed by atoms with van der Waals surface area (Å²) in [6, 6.07) is 9.65. The van der Waals surface area contributed by atoms with Gasteiger partial charge in [0.15, 0.2) is 0 Å². The molecule has 5 nitrogen and oxygen atoms in total. The van der Waals surface area contributed by atoms with E-state index in [1.807, 2.05) is 42.3 Å². The monoisotopic (exact) mass is 278 g/mol. The van der Waals surface area contributed by atoms with Crippen LogP contribution in [-0.4, -0.2) is 43.8 Å². The van der Waals surface area contributed by atoms with Crippen LogP contribution < -0.4 is 10.2 Å². The number of para-hydroxylation sites is 1. The zero-order chi connectivity index (χ0) is 14.2. The first-order valence-corrected chi connectivity index (χ1v) is 7.07. The molecule has 1 heterocycles. The zero-order valence-corrected chi connectivity index (χ0v) is 11.9. The maximum absolute atomic E-state index is 12.0. The lowest BCUT2D eigenvalue weighted by molar-refractivity contribution is -0.131. The number of ether oxygens (including phenoxy) is 2. The summed E-state index contributed by atoms with van der Waals surface area (Å²) in [6.07, 6.45) is 0.699. The fourth-order valence-corrected chi connectivity index (χ4v) is 1.94. The Morgan fingerprint density at radius 1 is 1.35 bits per heavy atom. The number of benzene rings is 1. The van der Waals surface area contributed by atoms with Gasteiger partial charge in [0, 0.05) is 19.0 Å². The van der Waals surface area contributed by atoms with Gasteiger partial charge < -0.3 is 9.47 Å². The summed E-state index contributed by atoms with van der Waals surface area (Å²) in [5.74, 6) is 0.818. The van der Waals surface area contributed by atoms with E-state index in [4.69, 9.17) is 9.47 Å². The minimum atomic E-state index is -0.0680. The molecule has 1 fully saturated rings. The average Bonchev–Trinajstić information content (AvgIpc) is 2.49. The predicted molar refractivity (Wildman–Crippen MR) is 76.3 cm³/mol. The third kappa shape index (κ3) is 4.83. The Balaban J connectivity index is 1.65. The Labute approximate surface area is 119 Å². The van der Waals surface area contributed by atoms with Gasteiger partial charge in [-0.25, -0.2) is 5.01 Å². The number of carbonyl (C=O) groups is 1. The highest BCUT2D eigenvalue weighted by atomic mass is 16.5. The smallest absolute Gasteiger partial charge is 0.237 e. The SMILES string of the molecule is CC(CCOc1ccccc1)C(=O)NN1CCOCC1. The minimum absolute atomic E-state index is 0.0450. The normalized spacial score (nSPS) is 17.4. The molecule has 1 N–H and O–H groups in total. The van der Waals surface area contributed by atoms with Gasteiger partial charge in [0.25, 0.3) is 0 Å². The van der Waals surface area contributed by atoms with Crippen molar-refractivity contribution in [1.29, 1.82) is 0 Å². The van der Waals surface area contributed by atoms with Gasteiger partial charge in [-0.3, -0.25) is 10.2 Å². The van der Waals surface area contributed by atoms with Gasteiger partial charge in [-0.1, -0.05) is 25.1 Å². The van der Waals surface area contributed by atoms with E-state index in [1.165, 1.54) is 0 Å². The van der Waals surface area contributed by atoms with E-state index >= 15 is 0 Å². The topological polar surface area (TPSA) is 50.8 Å². The van der Waals surface area contributed by atoms with Crippen LogP contribution >= 0.6 is 0 Å². The number of hydrogen-bond acceptors (Lipinski definition) is 4. The Morgan fingerprint density at radius 2 is 2.05 bits per heavy atom. The first kappa shape index (κ1) is 14.8. The highest BCUT2D eigenvalue weighted by molar-refractivity contribution is 5.77. The molecule has 0 radical (unpaired) electrons. The predicted octanol–water partition coefficient (Wildman–Crippen LogP) is 1.45. The Hall–Kier alpha value is -1.59. The van der Waals surface area contributed by atoms with E-state index in [2.05, 4.69) is 5.43 Å². The van der Waals surface area contributed by atoms with Crippen LogP contribution in [0.2, 0.25) is 0 Å². The summed E-state index contributed by atoms with van der Waals surface area (Å²) in [6.45, 7) is 5.31. The number of nitrogens with one attached hydrogen (secondary N) is 1. The molecular weight excluding hydrogens is 256 g/mol. The molecule has 1 atom stereocenters. The van der Waals surface area contributed by atoms with Crippen molar-refractivity contribution in [1.82, 2.24) is 10.4 Å². The van der Waals surface area contributed by atoms with E-state index in [-0.39, 0.29) is 11.8 Å². The molecule has 20 heavy (non-hydrogen) atoms. The standard InChI is InChI=1S/C15H22N2O3/c1-13(7-10-20-14-5-3-2-4-6-14)15(18)16-17-8-11-19-12-9-17/h2-6,13H,7-12H2,1H3,(H,16,18). The van der Waals surface area contributed by atoms with Crippen molar-refractivity contribution in [2.24, 2.45) is 5.92 Å². The van der Waals surface area contributed by atoms with Crippen LogP contribution in [0.15, 0.2) is 30.3 Å². The van der Waals surface area contributed by atoms with E-state index in [0.29, 0.717) is 26.2 Å². The van der Waals surface area contributed by atoms with Gasteiger partial charge in [0.1, 0.15) is 5.75 Å². The molecule has 1 saturated heterocycles. The molecular formula is C15H22N2O3. The lowest BCUT2D eigenvalue weighted by atomic mass is 10.1. The fourth-order valence-electron chi connectivity index (χ4n) is 1.94. The van der Waals surface area contributed by atoms with Gasteiger partial charge in [0.2, 0.25) is 5.91 Å². The number of amides is 1. The Kier molecular flexibility index (Phi) is 5.83. The molecule has 0 aromatic heterocycles. The third-order valence-corrected chi connectivity index (χ3v) is 3.29. The summed E-state index contributed by atoms with van der Waals surface area (Å²) >= 11 is 0. The molecule has 1 aromatic rings. The van der Waals surface area contributed by atoms with Crippen molar-refractivity contribution >= 4 is 5.91 Å². The summed E-state index contributed by atoms with van der Waals surface area (Å²) < 4.78 is 10.8. The second-order valence-electron chi connectivity index (χ2n) is 4.93. The molecule has 2 rings (SSSR count). The molecule has 1 aromatic carbocycles. The van der Waals surface area contributed by atoms with Crippen molar-refractivity contribution in [3.05, 3.63) is 30.3 Å². The molecule has 0 spiro atoms. The molecule has 1 unspecified atom stereocenters. The molecule has 0 bridgehead atoms. The molecule has 1 aliphatic heterocycles. The van der Waals surface area contributed by atoms with Crippen LogP contribution in [0.5, 0.6) is 5.75 Å². The summed E-state index contributed by atoms with van der Waals surface area (Å²) in [7, 11) is 0. The second kappa shape index (κ2) is 7.87. The van der Waals surface area contributed by atoms with Crippen LogP contribution in [0.4, 0.5) is 0 Å². The van der Waals surface area contributed by atoms with Gasteiger partial charge in [0.05, 0.1) is 19.8 Å². The molecule has 5 heteroatoms. The molecule has 0 saturated carbocycles. The van der Waals surface area contributed by atoms with Crippen molar-refractivity contribution in [3.8, 4) is 5.75 Å². The van der Waals surface area contributed by atoms with Crippen LogP contribution in [0.25, 0.3) is 0 Å². The number of nitrogens with zero attached hydrogens (tertiary/aromatic N) is 1. The zero-order valence-electron chi connectivity index (χ0n) is 11.9. The van der Waals surface area contributed by atoms with E-state index in [9.17, 15) is 4.79 Å². The summed E-state index contributed by atoms with van der Waals surface area (Å²) in [4.78, 5) is 12.0. The highest BCUT2D eigenvalue weighted by Gasteiger charge is 2.17. The molecule has 110 valence electrons. The number of rotatable bonds is 6. The highest BCUT2D eigenvalue weighted by Crippen LogP contribution is 2.10. The van der Waals surface area contributed by atoms with Crippen LogP contribution in [0.1, 0.15) is 13.3 Å². The van der Waals surface area contributed by atoms with E-state index in [1.54, 1.807) is 0 Å². The average molecular weight is 278 g/mol. The summed E-state index contributed by atoms with van der Waals surface area (Å²) in [5, 5.41) is 1.92. The quantitative estimate of drug-likeness (QED) is 0.856. The largest absolute Gasteiger partial charge is 0.494 e. The number of morpholine rings is 1. The van der Waals surface area contributed by atoms with Gasteiger partial charge >= 0.3 is 0 Å². The van der Waals surface area contributed by atoms with Gasteiger partial charge in [-0.05, 0) is 18.6 Å².